The lowest BCUT2D eigenvalue weighted by Gasteiger charge is -2.04. The molecule has 0 saturated carbocycles. The number of carboxylic acids is 1. The molecular formula is C21H16N2O5. The van der Waals surface area contributed by atoms with Gasteiger partial charge in [0.15, 0.2) is 0 Å². The van der Waals surface area contributed by atoms with Gasteiger partial charge in [-0.3, -0.25) is 4.79 Å². The Morgan fingerprint density at radius 2 is 2.07 bits per heavy atom. The Hall–Kier alpha value is -4.05. The van der Waals surface area contributed by atoms with Gasteiger partial charge in [-0.2, -0.15) is 5.26 Å². The molecule has 0 radical (unpaired) electrons. The zero-order valence-corrected chi connectivity index (χ0v) is 14.9. The fraction of sp³-hybridized carbons (Fsp3) is 0.0952. The Morgan fingerprint density at radius 3 is 2.71 bits per heavy atom. The number of carbonyl (C=O) groups is 2. The molecule has 0 saturated heterocycles. The second-order valence-corrected chi connectivity index (χ2v) is 5.97. The van der Waals surface area contributed by atoms with Crippen LogP contribution in [0.3, 0.4) is 0 Å². The van der Waals surface area contributed by atoms with Gasteiger partial charge >= 0.3 is 5.97 Å². The number of aryl methyl sites for hydroxylation is 1. The first kappa shape index (κ1) is 18.7. The molecule has 28 heavy (non-hydrogen) atoms. The van der Waals surface area contributed by atoms with E-state index in [4.69, 9.17) is 13.9 Å². The zero-order chi connectivity index (χ0) is 20.1. The Bertz CT molecular complexity index is 1080. The van der Waals surface area contributed by atoms with E-state index in [9.17, 15) is 14.9 Å². The minimum absolute atomic E-state index is 0.106. The maximum absolute atomic E-state index is 12.2. The van der Waals surface area contributed by atoms with Crippen molar-refractivity contribution in [2.24, 2.45) is 0 Å². The van der Waals surface area contributed by atoms with Crippen LogP contribution in [0.2, 0.25) is 0 Å². The molecule has 2 N–H and O–H groups in total. The number of amides is 1. The van der Waals surface area contributed by atoms with E-state index < -0.39 is 11.9 Å². The Kier molecular flexibility index (Phi) is 5.42. The Morgan fingerprint density at radius 1 is 1.25 bits per heavy atom. The van der Waals surface area contributed by atoms with Crippen molar-refractivity contribution < 1.29 is 23.5 Å². The van der Waals surface area contributed by atoms with Crippen LogP contribution in [0.15, 0.2) is 63.1 Å². The second kappa shape index (κ2) is 8.10. The van der Waals surface area contributed by atoms with Gasteiger partial charge in [-0.05, 0) is 48.9 Å². The summed E-state index contributed by atoms with van der Waals surface area (Å²) in [6.45, 7) is 1.95. The van der Waals surface area contributed by atoms with E-state index in [0.29, 0.717) is 17.3 Å². The van der Waals surface area contributed by atoms with Crippen molar-refractivity contribution in [1.29, 1.82) is 5.26 Å². The largest absolute Gasteiger partial charge is 0.478 e. The molecule has 0 aliphatic carbocycles. The summed E-state index contributed by atoms with van der Waals surface area (Å²) in [5.41, 5.74) is 1.55. The number of hydrogen-bond donors (Lipinski definition) is 2. The highest BCUT2D eigenvalue weighted by atomic mass is 16.4. The summed E-state index contributed by atoms with van der Waals surface area (Å²) in [5, 5.41) is 20.9. The Balaban J connectivity index is 1.77. The monoisotopic (exact) mass is 376 g/mol. The maximum atomic E-state index is 12.2. The van der Waals surface area contributed by atoms with Crippen LogP contribution in [0.4, 0.5) is 0 Å². The highest BCUT2D eigenvalue weighted by Gasteiger charge is 2.13. The number of nitrogens with zero attached hydrogens (tertiary/aromatic N) is 1. The molecule has 0 aliphatic rings. The summed E-state index contributed by atoms with van der Waals surface area (Å²) in [7, 11) is 0. The normalized spacial score (nSPS) is 11.1. The number of carbonyl (C=O) groups excluding carboxylic acids is 1. The molecule has 0 spiro atoms. The second-order valence-electron chi connectivity index (χ2n) is 5.97. The van der Waals surface area contributed by atoms with Gasteiger partial charge in [-0.25, -0.2) is 4.79 Å². The van der Waals surface area contributed by atoms with Gasteiger partial charge in [0, 0.05) is 11.6 Å². The standard InChI is InChI=1S/C21H16N2O5/c1-13-9-14(21(25)26)4-6-18(13)19-7-5-16(28-19)10-15(11-22)20(24)23-12-17-3-2-8-27-17/h2-10H,12H2,1H3,(H,23,24)(H,25,26)/b15-10+. The van der Waals surface area contributed by atoms with Gasteiger partial charge in [0.2, 0.25) is 0 Å². The topological polar surface area (TPSA) is 116 Å². The van der Waals surface area contributed by atoms with E-state index in [1.54, 1.807) is 43.3 Å². The SMILES string of the molecule is Cc1cc(C(=O)O)ccc1-c1ccc(/C=C(\C#N)C(=O)NCc2ccco2)o1. The minimum Gasteiger partial charge on any atom is -0.478 e. The van der Waals surface area contributed by atoms with Gasteiger partial charge in [0.25, 0.3) is 5.91 Å². The molecule has 2 heterocycles. The number of aromatic carboxylic acids is 1. The van der Waals surface area contributed by atoms with Crippen molar-refractivity contribution in [3.05, 3.63) is 76.9 Å². The van der Waals surface area contributed by atoms with Crippen LogP contribution >= 0.6 is 0 Å². The number of nitrogens with one attached hydrogen (secondary N) is 1. The average Bonchev–Trinajstić information content (AvgIpc) is 3.36. The van der Waals surface area contributed by atoms with Crippen LogP contribution < -0.4 is 5.32 Å². The third-order valence-electron chi connectivity index (χ3n) is 4.02. The quantitative estimate of drug-likeness (QED) is 0.500. The van der Waals surface area contributed by atoms with E-state index in [0.717, 1.165) is 11.1 Å². The predicted molar refractivity (Wildman–Crippen MR) is 100.0 cm³/mol. The van der Waals surface area contributed by atoms with E-state index in [-0.39, 0.29) is 17.7 Å². The molecule has 1 aromatic carbocycles. The van der Waals surface area contributed by atoms with Gasteiger partial charge in [0.05, 0.1) is 18.4 Å². The molecule has 7 heteroatoms. The maximum Gasteiger partial charge on any atom is 0.335 e. The highest BCUT2D eigenvalue weighted by molar-refractivity contribution is 6.01. The van der Waals surface area contributed by atoms with Gasteiger partial charge in [-0.1, -0.05) is 6.07 Å². The summed E-state index contributed by atoms with van der Waals surface area (Å²) < 4.78 is 10.8. The molecule has 0 fully saturated rings. The molecule has 7 nitrogen and oxygen atoms in total. The van der Waals surface area contributed by atoms with Crippen molar-refractivity contribution in [3.8, 4) is 17.4 Å². The molecule has 2 aromatic heterocycles. The molecular weight excluding hydrogens is 360 g/mol. The van der Waals surface area contributed by atoms with E-state index in [1.165, 1.54) is 18.4 Å². The molecule has 1 amide bonds. The van der Waals surface area contributed by atoms with Crippen molar-refractivity contribution in [2.75, 3.05) is 0 Å². The van der Waals surface area contributed by atoms with Gasteiger partial charge in [0.1, 0.15) is 28.9 Å². The fourth-order valence-corrected chi connectivity index (χ4v) is 2.61. The number of furan rings is 2. The van der Waals surface area contributed by atoms with E-state index in [1.807, 2.05) is 6.07 Å². The third-order valence-corrected chi connectivity index (χ3v) is 4.02. The number of benzene rings is 1. The van der Waals surface area contributed by atoms with Crippen LogP contribution in [0.5, 0.6) is 0 Å². The minimum atomic E-state index is -1.00. The van der Waals surface area contributed by atoms with Crippen LogP contribution in [-0.4, -0.2) is 17.0 Å². The lowest BCUT2D eigenvalue weighted by molar-refractivity contribution is -0.117. The average molecular weight is 376 g/mol. The van der Waals surface area contributed by atoms with Crippen molar-refractivity contribution in [1.82, 2.24) is 5.32 Å². The summed E-state index contributed by atoms with van der Waals surface area (Å²) in [4.78, 5) is 23.2. The van der Waals surface area contributed by atoms with Crippen molar-refractivity contribution in [3.63, 3.8) is 0 Å². The lowest BCUT2D eigenvalue weighted by atomic mass is 10.0. The summed E-state index contributed by atoms with van der Waals surface area (Å²) >= 11 is 0. The third kappa shape index (κ3) is 4.19. The van der Waals surface area contributed by atoms with E-state index in [2.05, 4.69) is 5.32 Å². The van der Waals surface area contributed by atoms with Crippen LogP contribution in [-0.2, 0) is 11.3 Å². The summed E-state index contributed by atoms with van der Waals surface area (Å²) in [5.74, 6) is -0.127. The number of nitriles is 1. The number of rotatable bonds is 6. The smallest absolute Gasteiger partial charge is 0.335 e. The van der Waals surface area contributed by atoms with Crippen LogP contribution in [0.1, 0.15) is 27.4 Å². The van der Waals surface area contributed by atoms with Crippen LogP contribution in [0, 0.1) is 18.3 Å². The summed E-state index contributed by atoms with van der Waals surface area (Å²) in [6, 6.07) is 13.3. The molecule has 3 rings (SSSR count). The number of carboxylic acid groups (broad SMARTS) is 1. The van der Waals surface area contributed by atoms with Gasteiger partial charge in [-0.15, -0.1) is 0 Å². The first-order valence-corrected chi connectivity index (χ1v) is 8.34. The van der Waals surface area contributed by atoms with Crippen molar-refractivity contribution in [2.45, 2.75) is 13.5 Å². The molecule has 3 aromatic rings. The molecule has 0 bridgehead atoms. The molecule has 0 unspecified atom stereocenters. The molecule has 0 aliphatic heterocycles. The Labute approximate surface area is 160 Å². The first-order chi connectivity index (χ1) is 13.5. The zero-order valence-electron chi connectivity index (χ0n) is 14.9. The first-order valence-electron chi connectivity index (χ1n) is 8.34. The predicted octanol–water partition coefficient (Wildman–Crippen LogP) is 3.77. The van der Waals surface area contributed by atoms with Crippen molar-refractivity contribution >= 4 is 18.0 Å². The molecule has 0 atom stereocenters. The lowest BCUT2D eigenvalue weighted by Crippen LogP contribution is -2.23. The van der Waals surface area contributed by atoms with E-state index >= 15 is 0 Å². The molecule has 140 valence electrons. The summed E-state index contributed by atoms with van der Waals surface area (Å²) in [6.07, 6.45) is 2.85. The number of hydrogen-bond acceptors (Lipinski definition) is 5. The van der Waals surface area contributed by atoms with Crippen LogP contribution in [0.25, 0.3) is 17.4 Å². The van der Waals surface area contributed by atoms with Gasteiger partial charge < -0.3 is 19.3 Å². The fourth-order valence-electron chi connectivity index (χ4n) is 2.61. The highest BCUT2D eigenvalue weighted by Crippen LogP contribution is 2.27.